The Morgan fingerprint density at radius 2 is 1.77 bits per heavy atom. The highest BCUT2D eigenvalue weighted by atomic mass is 35.5. The smallest absolute Gasteiger partial charge is 0.244 e. The molecule has 0 spiro atoms. The molecule has 0 saturated carbocycles. The third kappa shape index (κ3) is 6.41. The van der Waals surface area contributed by atoms with E-state index in [1.807, 2.05) is 24.3 Å². The van der Waals surface area contributed by atoms with Gasteiger partial charge in [0.2, 0.25) is 10.0 Å². The normalized spacial score (nSPS) is 15.7. The summed E-state index contributed by atoms with van der Waals surface area (Å²) in [6.45, 7) is 4.21. The van der Waals surface area contributed by atoms with Crippen LogP contribution in [-0.4, -0.2) is 85.9 Å². The molecule has 35 heavy (non-hydrogen) atoms. The summed E-state index contributed by atoms with van der Waals surface area (Å²) in [6, 6.07) is 12.5. The number of nitrogens with zero attached hydrogens (tertiary/aromatic N) is 5. The molecular weight excluding hydrogens is 507 g/mol. The first kappa shape index (κ1) is 26.1. The minimum atomic E-state index is -3.72. The molecule has 1 fully saturated rings. The van der Waals surface area contributed by atoms with Crippen LogP contribution in [0.3, 0.4) is 0 Å². The summed E-state index contributed by atoms with van der Waals surface area (Å²) in [4.78, 5) is 13.9. The second-order valence-electron chi connectivity index (χ2n) is 8.84. The Hall–Kier alpha value is -2.01. The zero-order chi connectivity index (χ0) is 25.0. The summed E-state index contributed by atoms with van der Waals surface area (Å²) in [5.74, 6) is 1.55. The number of rotatable bonds is 9. The summed E-state index contributed by atoms with van der Waals surface area (Å²) in [5, 5.41) is 4.98. The second kappa shape index (κ2) is 11.4. The van der Waals surface area contributed by atoms with E-state index in [2.05, 4.69) is 29.2 Å². The average Bonchev–Trinajstić information content (AvgIpc) is 2.83. The number of piperazine rings is 1. The molecule has 0 radical (unpaired) electrons. The molecule has 1 aliphatic rings. The Labute approximate surface area is 216 Å². The highest BCUT2D eigenvalue weighted by molar-refractivity contribution is 7.89. The van der Waals surface area contributed by atoms with Crippen molar-refractivity contribution in [3.05, 3.63) is 58.3 Å². The predicted octanol–water partition coefficient (Wildman–Crippen LogP) is 3.81. The van der Waals surface area contributed by atoms with Crippen molar-refractivity contribution in [3.63, 3.8) is 0 Å². The van der Waals surface area contributed by atoms with Gasteiger partial charge in [-0.25, -0.2) is 18.4 Å². The number of hydrogen-bond donors (Lipinski definition) is 1. The van der Waals surface area contributed by atoms with Crippen LogP contribution in [0.25, 0.3) is 10.9 Å². The Balaban J connectivity index is 1.43. The lowest BCUT2D eigenvalue weighted by atomic mass is 10.2. The van der Waals surface area contributed by atoms with Gasteiger partial charge in [-0.1, -0.05) is 35.3 Å². The van der Waals surface area contributed by atoms with Gasteiger partial charge in [0.25, 0.3) is 0 Å². The first-order valence-corrected chi connectivity index (χ1v) is 13.8. The summed E-state index contributed by atoms with van der Waals surface area (Å²) < 4.78 is 27.7. The maximum Gasteiger partial charge on any atom is 0.244 e. The van der Waals surface area contributed by atoms with Crippen LogP contribution in [0.4, 0.5) is 5.82 Å². The van der Waals surface area contributed by atoms with E-state index in [4.69, 9.17) is 33.2 Å². The lowest BCUT2D eigenvalue weighted by Crippen LogP contribution is -2.48. The Morgan fingerprint density at radius 1 is 1.03 bits per heavy atom. The van der Waals surface area contributed by atoms with Crippen molar-refractivity contribution in [3.8, 4) is 0 Å². The molecule has 3 aromatic rings. The largest absolute Gasteiger partial charge is 0.369 e. The maximum atomic E-state index is 13.1. The SMILES string of the molecule is CN(C)CCCNc1nc(CN2CCN(S(=O)(=O)c3cc(Cl)ccc3Cl)CC2)nc2ccccc12. The fraction of sp³-hybridized carbons (Fsp3) is 0.417. The van der Waals surface area contributed by atoms with Gasteiger partial charge in [-0.3, -0.25) is 4.90 Å². The van der Waals surface area contributed by atoms with Gasteiger partial charge < -0.3 is 10.2 Å². The Kier molecular flexibility index (Phi) is 8.46. The van der Waals surface area contributed by atoms with Gasteiger partial charge in [0.05, 0.1) is 17.1 Å². The van der Waals surface area contributed by atoms with Gasteiger partial charge in [0.15, 0.2) is 0 Å². The van der Waals surface area contributed by atoms with E-state index in [9.17, 15) is 8.42 Å². The molecule has 0 bridgehead atoms. The molecule has 2 aromatic carbocycles. The zero-order valence-corrected chi connectivity index (χ0v) is 22.2. The van der Waals surface area contributed by atoms with Crippen molar-refractivity contribution in [2.75, 3.05) is 58.7 Å². The fourth-order valence-electron chi connectivity index (χ4n) is 4.07. The van der Waals surface area contributed by atoms with E-state index in [0.29, 0.717) is 43.6 Å². The van der Waals surface area contributed by atoms with Gasteiger partial charge in [0, 0.05) is 43.1 Å². The number of fused-ring (bicyclic) bond motifs is 1. The molecule has 0 atom stereocenters. The number of aromatic nitrogens is 2. The molecule has 1 N–H and O–H groups in total. The molecule has 188 valence electrons. The summed E-state index contributed by atoms with van der Waals surface area (Å²) >= 11 is 12.2. The molecule has 2 heterocycles. The molecule has 4 rings (SSSR count). The van der Waals surface area contributed by atoms with E-state index in [1.54, 1.807) is 6.07 Å². The van der Waals surface area contributed by atoms with Gasteiger partial charge in [-0.15, -0.1) is 0 Å². The van der Waals surface area contributed by atoms with Gasteiger partial charge in [0.1, 0.15) is 16.5 Å². The van der Waals surface area contributed by atoms with Crippen LogP contribution < -0.4 is 5.32 Å². The standard InChI is InChI=1S/C24H30Cl2N6O2S/c1-30(2)11-5-10-27-24-19-6-3-4-7-21(19)28-23(29-24)17-31-12-14-32(15-13-31)35(33,34)22-16-18(25)8-9-20(22)26/h3-4,6-9,16H,5,10-15,17H2,1-2H3,(H,27,28,29). The zero-order valence-electron chi connectivity index (χ0n) is 19.9. The molecule has 1 aliphatic heterocycles. The lowest BCUT2D eigenvalue weighted by molar-refractivity contribution is 0.178. The van der Waals surface area contributed by atoms with Crippen LogP contribution >= 0.6 is 23.2 Å². The number of hydrogen-bond acceptors (Lipinski definition) is 7. The van der Waals surface area contributed by atoms with Crippen molar-refractivity contribution >= 4 is 49.9 Å². The summed E-state index contributed by atoms with van der Waals surface area (Å²) in [6.07, 6.45) is 1.01. The highest BCUT2D eigenvalue weighted by Gasteiger charge is 2.30. The molecule has 0 amide bonds. The molecule has 0 unspecified atom stereocenters. The minimum absolute atomic E-state index is 0.0444. The highest BCUT2D eigenvalue weighted by Crippen LogP contribution is 2.28. The van der Waals surface area contributed by atoms with Gasteiger partial charge >= 0.3 is 0 Å². The van der Waals surface area contributed by atoms with E-state index < -0.39 is 10.0 Å². The van der Waals surface area contributed by atoms with E-state index in [1.165, 1.54) is 16.4 Å². The molecule has 0 aliphatic carbocycles. The Bertz CT molecular complexity index is 1280. The maximum absolute atomic E-state index is 13.1. The molecule has 8 nitrogen and oxygen atoms in total. The van der Waals surface area contributed by atoms with Crippen LogP contribution in [0.15, 0.2) is 47.4 Å². The topological polar surface area (TPSA) is 81.7 Å². The monoisotopic (exact) mass is 536 g/mol. The molecule has 1 aromatic heterocycles. The van der Waals surface area contributed by atoms with Crippen LogP contribution in [0.2, 0.25) is 10.0 Å². The van der Waals surface area contributed by atoms with Crippen molar-refractivity contribution in [2.24, 2.45) is 0 Å². The third-order valence-electron chi connectivity index (χ3n) is 5.93. The Morgan fingerprint density at radius 3 is 2.51 bits per heavy atom. The quantitative estimate of drug-likeness (QED) is 0.416. The van der Waals surface area contributed by atoms with Crippen molar-refractivity contribution in [1.29, 1.82) is 0 Å². The van der Waals surface area contributed by atoms with Crippen LogP contribution in [0.1, 0.15) is 12.2 Å². The lowest BCUT2D eigenvalue weighted by Gasteiger charge is -2.33. The van der Waals surface area contributed by atoms with Gasteiger partial charge in [-0.2, -0.15) is 4.31 Å². The second-order valence-corrected chi connectivity index (χ2v) is 11.6. The number of para-hydroxylation sites is 1. The number of anilines is 1. The van der Waals surface area contributed by atoms with E-state index in [-0.39, 0.29) is 9.92 Å². The van der Waals surface area contributed by atoms with Gasteiger partial charge in [-0.05, 0) is 57.4 Å². The van der Waals surface area contributed by atoms with E-state index in [0.717, 1.165) is 36.2 Å². The van der Waals surface area contributed by atoms with Crippen molar-refractivity contribution in [2.45, 2.75) is 17.9 Å². The number of halogens is 2. The van der Waals surface area contributed by atoms with Crippen molar-refractivity contribution < 1.29 is 8.42 Å². The number of benzene rings is 2. The molecular formula is C24H30Cl2N6O2S. The van der Waals surface area contributed by atoms with Crippen molar-refractivity contribution in [1.82, 2.24) is 24.1 Å². The predicted molar refractivity (Wildman–Crippen MR) is 142 cm³/mol. The number of nitrogens with one attached hydrogen (secondary N) is 1. The first-order chi connectivity index (χ1) is 16.7. The van der Waals surface area contributed by atoms with Crippen LogP contribution in [-0.2, 0) is 16.6 Å². The molecule has 1 saturated heterocycles. The van der Waals surface area contributed by atoms with E-state index >= 15 is 0 Å². The molecule has 11 heteroatoms. The summed E-state index contributed by atoms with van der Waals surface area (Å²) in [7, 11) is 0.404. The minimum Gasteiger partial charge on any atom is -0.369 e. The number of sulfonamides is 1. The fourth-order valence-corrected chi connectivity index (χ4v) is 6.23. The van der Waals surface area contributed by atoms with Crippen LogP contribution in [0.5, 0.6) is 0 Å². The summed E-state index contributed by atoms with van der Waals surface area (Å²) in [5.41, 5.74) is 0.893. The first-order valence-electron chi connectivity index (χ1n) is 11.6. The third-order valence-corrected chi connectivity index (χ3v) is 8.55. The average molecular weight is 538 g/mol. The van der Waals surface area contributed by atoms with Crippen LogP contribution in [0, 0.1) is 0 Å².